The Bertz CT molecular complexity index is 1420. The van der Waals surface area contributed by atoms with Crippen LogP contribution in [0.5, 0.6) is 0 Å². The van der Waals surface area contributed by atoms with Gasteiger partial charge in [0.15, 0.2) is 0 Å². The minimum Gasteiger partial charge on any atom is -0.337 e. The summed E-state index contributed by atoms with van der Waals surface area (Å²) in [6, 6.07) is 13.9. The number of sulfonamides is 1. The third-order valence-corrected chi connectivity index (χ3v) is 6.91. The molecule has 8 nitrogen and oxygen atoms in total. The third-order valence-electron chi connectivity index (χ3n) is 5.56. The minimum atomic E-state index is -3.86. The second-order valence-corrected chi connectivity index (χ2v) is 9.22. The maximum absolute atomic E-state index is 13.1. The number of benzene rings is 2. The predicted molar refractivity (Wildman–Crippen MR) is 124 cm³/mol. The van der Waals surface area contributed by atoms with Gasteiger partial charge in [-0.1, -0.05) is 23.4 Å². The van der Waals surface area contributed by atoms with Crippen molar-refractivity contribution in [3.63, 3.8) is 0 Å². The summed E-state index contributed by atoms with van der Waals surface area (Å²) in [5.74, 6) is -0.162. The lowest BCUT2D eigenvalue weighted by Crippen LogP contribution is -2.18. The van der Waals surface area contributed by atoms with Gasteiger partial charge in [-0.25, -0.2) is 13.1 Å². The van der Waals surface area contributed by atoms with Crippen molar-refractivity contribution >= 4 is 38.4 Å². The number of aryl methyl sites for hydroxylation is 3. The maximum atomic E-state index is 13.1. The second-order valence-electron chi connectivity index (χ2n) is 7.54. The number of carbonyl (C=O) groups is 1. The Kier molecular flexibility index (Phi) is 5.52. The highest BCUT2D eigenvalue weighted by Crippen LogP contribution is 2.27. The van der Waals surface area contributed by atoms with E-state index in [-0.39, 0.29) is 16.7 Å². The van der Waals surface area contributed by atoms with Gasteiger partial charge in [-0.3, -0.25) is 4.79 Å². The van der Waals surface area contributed by atoms with Crippen molar-refractivity contribution in [2.24, 2.45) is 0 Å². The molecule has 2 aromatic heterocycles. The Morgan fingerprint density at radius 1 is 1.03 bits per heavy atom. The smallest absolute Gasteiger partial charge is 0.272 e. The standard InChI is InChI=1S/C23H24N4O4S/c1-5-27-20-9-7-6-8-19(20)15(3)21(27)22(28)24-17-10-12-18(13-11-17)32(29,30)26-23-14(2)16(4)25-31-23/h6-13,26H,5H2,1-4H3,(H,24,28). The summed E-state index contributed by atoms with van der Waals surface area (Å²) in [6.45, 7) is 8.03. The van der Waals surface area contributed by atoms with Crippen LogP contribution in [0.15, 0.2) is 57.9 Å². The van der Waals surface area contributed by atoms with E-state index in [4.69, 9.17) is 4.52 Å². The molecule has 2 aromatic carbocycles. The first-order valence-electron chi connectivity index (χ1n) is 10.2. The molecule has 0 aliphatic rings. The fourth-order valence-corrected chi connectivity index (χ4v) is 4.74. The molecule has 0 unspecified atom stereocenters. The summed E-state index contributed by atoms with van der Waals surface area (Å²) in [6.07, 6.45) is 0. The van der Waals surface area contributed by atoms with Gasteiger partial charge in [0, 0.05) is 28.7 Å². The number of nitrogens with one attached hydrogen (secondary N) is 2. The zero-order valence-electron chi connectivity index (χ0n) is 18.3. The van der Waals surface area contributed by atoms with Gasteiger partial charge in [-0.05, 0) is 63.6 Å². The highest BCUT2D eigenvalue weighted by Gasteiger charge is 2.21. The molecule has 0 fully saturated rings. The number of para-hydroxylation sites is 1. The van der Waals surface area contributed by atoms with Gasteiger partial charge in [0.25, 0.3) is 15.9 Å². The molecule has 4 rings (SSSR count). The van der Waals surface area contributed by atoms with E-state index in [1.165, 1.54) is 12.1 Å². The number of rotatable bonds is 6. The zero-order chi connectivity index (χ0) is 23.0. The van der Waals surface area contributed by atoms with Gasteiger partial charge < -0.3 is 14.4 Å². The number of aromatic nitrogens is 2. The van der Waals surface area contributed by atoms with Crippen molar-refractivity contribution in [2.45, 2.75) is 39.1 Å². The summed E-state index contributed by atoms with van der Waals surface area (Å²) in [4.78, 5) is 13.1. The molecule has 0 saturated carbocycles. The topological polar surface area (TPSA) is 106 Å². The SMILES string of the molecule is CCn1c(C(=O)Nc2ccc(S(=O)(=O)Nc3onc(C)c3C)cc2)c(C)c2ccccc21. The van der Waals surface area contributed by atoms with Gasteiger partial charge in [0.05, 0.1) is 10.6 Å². The largest absolute Gasteiger partial charge is 0.337 e. The molecule has 9 heteroatoms. The van der Waals surface area contributed by atoms with E-state index in [1.807, 2.05) is 42.7 Å². The second kappa shape index (κ2) is 8.16. The lowest BCUT2D eigenvalue weighted by Gasteiger charge is -2.11. The summed E-state index contributed by atoms with van der Waals surface area (Å²) in [7, 11) is -3.86. The van der Waals surface area contributed by atoms with Crippen molar-refractivity contribution in [1.82, 2.24) is 9.72 Å². The van der Waals surface area contributed by atoms with Gasteiger partial charge in [0.2, 0.25) is 5.88 Å². The van der Waals surface area contributed by atoms with Gasteiger partial charge in [0.1, 0.15) is 5.69 Å². The van der Waals surface area contributed by atoms with E-state index < -0.39 is 10.0 Å². The number of carbonyl (C=O) groups excluding carboxylic acids is 1. The molecule has 32 heavy (non-hydrogen) atoms. The van der Waals surface area contributed by atoms with Crippen molar-refractivity contribution in [3.8, 4) is 0 Å². The van der Waals surface area contributed by atoms with Crippen LogP contribution in [0.3, 0.4) is 0 Å². The number of fused-ring (bicyclic) bond motifs is 1. The molecule has 0 atom stereocenters. The molecule has 0 bridgehead atoms. The van der Waals surface area contributed by atoms with Crippen LogP contribution in [-0.4, -0.2) is 24.0 Å². The fraction of sp³-hybridized carbons (Fsp3) is 0.217. The van der Waals surface area contributed by atoms with Crippen molar-refractivity contribution in [1.29, 1.82) is 0 Å². The molecular weight excluding hydrogens is 428 g/mol. The molecule has 0 saturated heterocycles. The van der Waals surface area contributed by atoms with E-state index in [0.29, 0.717) is 29.2 Å². The minimum absolute atomic E-state index is 0.0443. The van der Waals surface area contributed by atoms with Crippen LogP contribution in [0, 0.1) is 20.8 Å². The van der Waals surface area contributed by atoms with Crippen LogP contribution >= 0.6 is 0 Å². The first-order valence-corrected chi connectivity index (χ1v) is 11.7. The molecule has 166 valence electrons. The summed E-state index contributed by atoms with van der Waals surface area (Å²) >= 11 is 0. The van der Waals surface area contributed by atoms with Gasteiger partial charge >= 0.3 is 0 Å². The Morgan fingerprint density at radius 3 is 2.34 bits per heavy atom. The Labute approximate surface area is 186 Å². The van der Waals surface area contributed by atoms with Crippen LogP contribution in [0.2, 0.25) is 0 Å². The molecule has 0 aliphatic heterocycles. The first kappa shape index (κ1) is 21.6. The van der Waals surface area contributed by atoms with Crippen molar-refractivity contribution in [2.75, 3.05) is 10.0 Å². The Balaban J connectivity index is 1.57. The van der Waals surface area contributed by atoms with E-state index in [0.717, 1.165) is 16.5 Å². The van der Waals surface area contributed by atoms with E-state index >= 15 is 0 Å². The molecule has 0 aliphatic carbocycles. The third kappa shape index (κ3) is 3.75. The number of hydrogen-bond acceptors (Lipinski definition) is 5. The summed E-state index contributed by atoms with van der Waals surface area (Å²) in [5, 5.41) is 7.66. The molecule has 0 spiro atoms. The lowest BCUT2D eigenvalue weighted by atomic mass is 10.1. The number of nitrogens with zero attached hydrogens (tertiary/aromatic N) is 2. The average molecular weight is 453 g/mol. The Morgan fingerprint density at radius 2 is 1.72 bits per heavy atom. The van der Waals surface area contributed by atoms with E-state index in [2.05, 4.69) is 15.2 Å². The summed E-state index contributed by atoms with van der Waals surface area (Å²) < 4.78 is 34.7. The van der Waals surface area contributed by atoms with E-state index in [9.17, 15) is 13.2 Å². The van der Waals surface area contributed by atoms with Crippen molar-refractivity contribution < 1.29 is 17.7 Å². The zero-order valence-corrected chi connectivity index (χ0v) is 19.1. The molecule has 1 amide bonds. The van der Waals surface area contributed by atoms with Crippen LogP contribution in [0.1, 0.15) is 34.2 Å². The quantitative estimate of drug-likeness (QED) is 0.444. The van der Waals surface area contributed by atoms with Crippen LogP contribution in [-0.2, 0) is 16.6 Å². The number of hydrogen-bond donors (Lipinski definition) is 2. The van der Waals surface area contributed by atoms with E-state index in [1.54, 1.807) is 26.0 Å². The molecule has 4 aromatic rings. The van der Waals surface area contributed by atoms with Gasteiger partial charge in [-0.2, -0.15) is 0 Å². The highest BCUT2D eigenvalue weighted by molar-refractivity contribution is 7.92. The molecule has 2 N–H and O–H groups in total. The van der Waals surface area contributed by atoms with Crippen LogP contribution in [0.4, 0.5) is 11.6 Å². The first-order chi connectivity index (χ1) is 15.2. The average Bonchev–Trinajstić information content (AvgIpc) is 3.25. The predicted octanol–water partition coefficient (Wildman–Crippen LogP) is 4.63. The number of amides is 1. The normalized spacial score (nSPS) is 11.6. The fourth-order valence-electron chi connectivity index (χ4n) is 3.70. The van der Waals surface area contributed by atoms with Gasteiger partial charge in [-0.15, -0.1) is 0 Å². The molecular formula is C23H24N4O4S. The van der Waals surface area contributed by atoms with Crippen LogP contribution < -0.4 is 10.0 Å². The maximum Gasteiger partial charge on any atom is 0.272 e. The molecule has 2 heterocycles. The van der Waals surface area contributed by atoms with Crippen molar-refractivity contribution in [3.05, 3.63) is 71.0 Å². The Hall–Kier alpha value is -3.59. The highest BCUT2D eigenvalue weighted by atomic mass is 32.2. The summed E-state index contributed by atoms with van der Waals surface area (Å²) in [5.41, 5.74) is 4.22. The lowest BCUT2D eigenvalue weighted by molar-refractivity contribution is 0.101. The van der Waals surface area contributed by atoms with Crippen LogP contribution in [0.25, 0.3) is 10.9 Å². The molecule has 0 radical (unpaired) electrons. The monoisotopic (exact) mass is 452 g/mol. The number of anilines is 2.